The molecule has 29 heavy (non-hydrogen) atoms. The van der Waals surface area contributed by atoms with E-state index in [9.17, 15) is 4.79 Å². The van der Waals surface area contributed by atoms with Crippen molar-refractivity contribution in [3.8, 4) is 0 Å². The van der Waals surface area contributed by atoms with E-state index in [0.717, 1.165) is 25.9 Å². The number of hydrogen-bond donors (Lipinski definition) is 0. The molecule has 0 bridgehead atoms. The molecule has 0 aromatic heterocycles. The van der Waals surface area contributed by atoms with E-state index in [4.69, 9.17) is 9.57 Å². The van der Waals surface area contributed by atoms with E-state index in [-0.39, 0.29) is 23.2 Å². The highest BCUT2D eigenvalue weighted by Gasteiger charge is 2.47. The maximum absolute atomic E-state index is 11.9. The molecule has 0 aromatic rings. The largest absolute Gasteiger partial charge is 0.459 e. The number of rotatable bonds is 14. The van der Waals surface area contributed by atoms with E-state index >= 15 is 0 Å². The van der Waals surface area contributed by atoms with Gasteiger partial charge in [-0.05, 0) is 41.0 Å². The van der Waals surface area contributed by atoms with E-state index in [2.05, 4.69) is 46.3 Å². The Balaban J connectivity index is 2.30. The van der Waals surface area contributed by atoms with Crippen LogP contribution in [0.3, 0.4) is 0 Å². The lowest BCUT2D eigenvalue weighted by atomic mass is 9.80. The van der Waals surface area contributed by atoms with Crippen LogP contribution in [0.25, 0.3) is 0 Å². The number of unbranched alkanes of at least 4 members (excludes halogenated alkanes) is 9. The van der Waals surface area contributed by atoms with Crippen molar-refractivity contribution in [2.45, 2.75) is 136 Å². The summed E-state index contributed by atoms with van der Waals surface area (Å²) in [5.74, 6) is -0.290. The van der Waals surface area contributed by atoms with Crippen molar-refractivity contribution in [3.05, 3.63) is 12.2 Å². The van der Waals surface area contributed by atoms with E-state index in [1.807, 2.05) is 0 Å². The molecule has 0 unspecified atom stereocenters. The molecule has 170 valence electrons. The van der Waals surface area contributed by atoms with Crippen LogP contribution >= 0.6 is 0 Å². The molecule has 1 aliphatic heterocycles. The minimum absolute atomic E-state index is 0.0959. The molecule has 1 heterocycles. The van der Waals surface area contributed by atoms with Gasteiger partial charge in [0.15, 0.2) is 0 Å². The fourth-order valence-electron chi connectivity index (χ4n) is 4.60. The van der Waals surface area contributed by atoms with E-state index < -0.39 is 0 Å². The summed E-state index contributed by atoms with van der Waals surface area (Å²) in [5, 5.41) is 2.15. The molecular formula is C25H47NO3. The molecule has 0 amide bonds. The highest BCUT2D eigenvalue weighted by atomic mass is 16.7. The fraction of sp³-hybridized carbons (Fsp3) is 0.880. The Labute approximate surface area is 180 Å². The number of piperidine rings is 1. The van der Waals surface area contributed by atoms with Gasteiger partial charge in [-0.3, -0.25) is 4.84 Å². The molecule has 4 nitrogen and oxygen atoms in total. The van der Waals surface area contributed by atoms with Crippen LogP contribution in [0, 0.1) is 0 Å². The smallest absolute Gasteiger partial charge is 0.333 e. The third kappa shape index (κ3) is 9.65. The Kier molecular flexibility index (Phi) is 11.5. The minimum Gasteiger partial charge on any atom is -0.459 e. The summed E-state index contributed by atoms with van der Waals surface area (Å²) in [6.07, 6.45) is 14.7. The van der Waals surface area contributed by atoms with Crippen LogP contribution in [0.15, 0.2) is 12.2 Å². The molecule has 0 N–H and O–H groups in total. The molecule has 0 saturated carbocycles. The van der Waals surface area contributed by atoms with Crippen molar-refractivity contribution < 1.29 is 14.4 Å². The first-order valence-electron chi connectivity index (χ1n) is 11.9. The lowest BCUT2D eigenvalue weighted by Crippen LogP contribution is -2.62. The second-order valence-corrected chi connectivity index (χ2v) is 10.2. The van der Waals surface area contributed by atoms with Crippen molar-refractivity contribution in [2.75, 3.05) is 6.61 Å². The Morgan fingerprint density at radius 3 is 1.79 bits per heavy atom. The van der Waals surface area contributed by atoms with Crippen LogP contribution < -0.4 is 0 Å². The monoisotopic (exact) mass is 409 g/mol. The number of carbonyl (C=O) groups excluding carboxylic acids is 1. The standard InChI is InChI=1S/C25H47NO3/c1-8-9-10-11-12-13-14-15-16-17-18-28-26-24(4,5)19-22(20-25(26,6)7)29-23(27)21(2)3/h22H,2,8-20H2,1,3-7H3. The molecule has 1 saturated heterocycles. The third-order valence-corrected chi connectivity index (χ3v) is 5.89. The predicted molar refractivity (Wildman–Crippen MR) is 122 cm³/mol. The van der Waals surface area contributed by atoms with Crippen LogP contribution in [-0.2, 0) is 14.4 Å². The number of hydrogen-bond acceptors (Lipinski definition) is 4. The molecule has 0 spiro atoms. The Hall–Kier alpha value is -0.870. The normalized spacial score (nSPS) is 19.2. The first-order valence-corrected chi connectivity index (χ1v) is 11.9. The molecule has 1 rings (SSSR count). The van der Waals surface area contributed by atoms with Gasteiger partial charge in [0.25, 0.3) is 0 Å². The first kappa shape index (κ1) is 26.2. The molecule has 1 fully saturated rings. The van der Waals surface area contributed by atoms with Gasteiger partial charge in [0.1, 0.15) is 6.10 Å². The number of hydroxylamine groups is 2. The average Bonchev–Trinajstić information content (AvgIpc) is 2.60. The molecule has 1 aliphatic rings. The van der Waals surface area contributed by atoms with Crippen LogP contribution in [0.4, 0.5) is 0 Å². The van der Waals surface area contributed by atoms with Crippen LogP contribution in [0.2, 0.25) is 0 Å². The maximum atomic E-state index is 11.9. The summed E-state index contributed by atoms with van der Waals surface area (Å²) in [5.41, 5.74) is 0.0980. The Morgan fingerprint density at radius 1 is 0.897 bits per heavy atom. The van der Waals surface area contributed by atoms with Crippen LogP contribution in [0.1, 0.15) is 119 Å². The molecule has 0 atom stereocenters. The molecule has 0 aliphatic carbocycles. The zero-order valence-electron chi connectivity index (χ0n) is 20.1. The summed E-state index contributed by atoms with van der Waals surface area (Å²) in [4.78, 5) is 18.2. The van der Waals surface area contributed by atoms with Gasteiger partial charge in [0, 0.05) is 29.5 Å². The highest BCUT2D eigenvalue weighted by molar-refractivity contribution is 5.87. The summed E-state index contributed by atoms with van der Waals surface area (Å²) in [6.45, 7) is 17.1. The van der Waals surface area contributed by atoms with Gasteiger partial charge in [-0.2, -0.15) is 5.06 Å². The van der Waals surface area contributed by atoms with Crippen LogP contribution in [-0.4, -0.2) is 34.8 Å². The summed E-state index contributed by atoms with van der Waals surface area (Å²) in [7, 11) is 0. The summed E-state index contributed by atoms with van der Waals surface area (Å²) in [6, 6.07) is 0. The summed E-state index contributed by atoms with van der Waals surface area (Å²) < 4.78 is 5.66. The van der Waals surface area contributed by atoms with Crippen molar-refractivity contribution in [3.63, 3.8) is 0 Å². The van der Waals surface area contributed by atoms with Gasteiger partial charge in [-0.15, -0.1) is 0 Å². The van der Waals surface area contributed by atoms with Crippen molar-refractivity contribution in [1.29, 1.82) is 0 Å². The summed E-state index contributed by atoms with van der Waals surface area (Å²) >= 11 is 0. The lowest BCUT2D eigenvalue weighted by Gasteiger charge is -2.53. The lowest BCUT2D eigenvalue weighted by molar-refractivity contribution is -0.293. The fourth-order valence-corrected chi connectivity index (χ4v) is 4.60. The number of carbonyl (C=O) groups is 1. The zero-order chi connectivity index (χ0) is 21.9. The van der Waals surface area contributed by atoms with E-state index in [1.165, 1.54) is 57.8 Å². The Morgan fingerprint density at radius 2 is 1.34 bits per heavy atom. The van der Waals surface area contributed by atoms with Gasteiger partial charge in [0.2, 0.25) is 0 Å². The second kappa shape index (κ2) is 12.7. The molecular weight excluding hydrogens is 362 g/mol. The van der Waals surface area contributed by atoms with Crippen molar-refractivity contribution in [1.82, 2.24) is 5.06 Å². The average molecular weight is 410 g/mol. The number of esters is 1. The highest BCUT2D eigenvalue weighted by Crippen LogP contribution is 2.40. The first-order chi connectivity index (χ1) is 13.6. The molecule has 0 radical (unpaired) electrons. The Bertz CT molecular complexity index is 480. The van der Waals surface area contributed by atoms with E-state index in [0.29, 0.717) is 5.57 Å². The SMILES string of the molecule is C=C(C)C(=O)OC1CC(C)(C)N(OCCCCCCCCCCCC)C(C)(C)C1. The van der Waals surface area contributed by atoms with Gasteiger partial charge < -0.3 is 4.74 Å². The minimum atomic E-state index is -0.290. The molecule has 0 aromatic carbocycles. The van der Waals surface area contributed by atoms with Gasteiger partial charge in [0.05, 0.1) is 6.61 Å². The van der Waals surface area contributed by atoms with Crippen molar-refractivity contribution in [2.24, 2.45) is 0 Å². The maximum Gasteiger partial charge on any atom is 0.333 e. The zero-order valence-corrected chi connectivity index (χ0v) is 20.1. The van der Waals surface area contributed by atoms with Crippen LogP contribution in [0.5, 0.6) is 0 Å². The van der Waals surface area contributed by atoms with E-state index in [1.54, 1.807) is 6.92 Å². The predicted octanol–water partition coefficient (Wildman–Crippen LogP) is 6.98. The topological polar surface area (TPSA) is 38.8 Å². The van der Waals surface area contributed by atoms with Gasteiger partial charge >= 0.3 is 5.97 Å². The number of nitrogens with zero attached hydrogens (tertiary/aromatic N) is 1. The van der Waals surface area contributed by atoms with Gasteiger partial charge in [-0.1, -0.05) is 71.3 Å². The quantitative estimate of drug-likeness (QED) is 0.176. The van der Waals surface area contributed by atoms with Crippen molar-refractivity contribution >= 4 is 5.97 Å². The number of ether oxygens (including phenoxy) is 1. The second-order valence-electron chi connectivity index (χ2n) is 10.2. The van der Waals surface area contributed by atoms with Gasteiger partial charge in [-0.25, -0.2) is 4.79 Å². The third-order valence-electron chi connectivity index (χ3n) is 5.89. The molecule has 4 heteroatoms.